The Balaban J connectivity index is 1.05. The van der Waals surface area contributed by atoms with Gasteiger partial charge in [0.15, 0.2) is 0 Å². The van der Waals surface area contributed by atoms with E-state index in [1.807, 2.05) is 119 Å². The highest BCUT2D eigenvalue weighted by atomic mass is 16.6. The zero-order valence-corrected chi connectivity index (χ0v) is 36.9. The molecule has 63 heavy (non-hydrogen) atoms. The predicted molar refractivity (Wildman–Crippen MR) is 248 cm³/mol. The quantitative estimate of drug-likeness (QED) is 0.0308. The van der Waals surface area contributed by atoms with Gasteiger partial charge in [0, 0.05) is 24.2 Å². The number of carbonyl (C=O) groups excluding carboxylic acids is 4. The number of amides is 2. The van der Waals surface area contributed by atoms with Crippen molar-refractivity contribution in [2.24, 2.45) is 15.9 Å². The van der Waals surface area contributed by atoms with Crippen molar-refractivity contribution in [3.63, 3.8) is 0 Å². The summed E-state index contributed by atoms with van der Waals surface area (Å²) in [6.45, 7) is 12.2. The Hall–Kier alpha value is -6.38. The number of nitrogens with one attached hydrogen (secondary N) is 2. The molecule has 3 atom stereocenters. The van der Waals surface area contributed by atoms with Crippen LogP contribution in [-0.4, -0.2) is 47.8 Å². The van der Waals surface area contributed by atoms with Crippen LogP contribution in [0.4, 0.5) is 32.3 Å². The van der Waals surface area contributed by atoms with E-state index in [1.54, 1.807) is 24.3 Å². The van der Waals surface area contributed by atoms with Crippen LogP contribution in [-0.2, 0) is 36.6 Å². The maximum absolute atomic E-state index is 13.2. The molecule has 11 nitrogen and oxygen atoms in total. The van der Waals surface area contributed by atoms with Gasteiger partial charge >= 0.3 is 12.2 Å². The van der Waals surface area contributed by atoms with Crippen molar-refractivity contribution in [3.8, 4) is 0 Å². The summed E-state index contributed by atoms with van der Waals surface area (Å²) in [6, 6.07) is 30.0. The lowest BCUT2D eigenvalue weighted by molar-refractivity contribution is 0.000681. The minimum atomic E-state index is -0.655. The van der Waals surface area contributed by atoms with E-state index in [4.69, 9.17) is 14.2 Å². The Morgan fingerprint density at radius 3 is 1.65 bits per heavy atom. The number of benzene rings is 4. The number of carbonyl (C=O) groups is 2. The molecular formula is C52H60N4O7. The van der Waals surface area contributed by atoms with Gasteiger partial charge in [0.2, 0.25) is 12.2 Å². The number of isocyanates is 2. The van der Waals surface area contributed by atoms with Crippen molar-refractivity contribution in [3.05, 3.63) is 144 Å². The summed E-state index contributed by atoms with van der Waals surface area (Å²) in [7, 11) is 0. The number of rotatable bonds is 24. The van der Waals surface area contributed by atoms with Crippen LogP contribution in [0.3, 0.4) is 0 Å². The standard InChI is InChI=1S/C52H60N4O7/c1-6-38(17-11-12-28-51(7-2,8-3)62-49(59)55-45-24-15-20-41(33-45)29-39-18-13-22-43(31-39)53-36-57)26-27-47-48(61-47)35-52(9-4,10-5)63-50(60)56-46-25-16-21-42(34-46)30-40-19-14-23-44(32-40)54-37-58/h6,11-16,18-25,31-34,38,47-48H,1,7-10,17,26-30,35H2,2-5H3,(H,55,59)(H,56,60)/b12-11+. The molecule has 4 aromatic rings. The first-order valence-corrected chi connectivity index (χ1v) is 22.0. The molecule has 3 unspecified atom stereocenters. The van der Waals surface area contributed by atoms with Crippen LogP contribution >= 0.6 is 0 Å². The van der Waals surface area contributed by atoms with Gasteiger partial charge in [-0.15, -0.1) is 6.58 Å². The molecule has 330 valence electrons. The van der Waals surface area contributed by atoms with Crippen LogP contribution in [0.15, 0.2) is 132 Å². The largest absolute Gasteiger partial charge is 0.443 e. The van der Waals surface area contributed by atoms with Gasteiger partial charge in [-0.25, -0.2) is 19.2 Å². The van der Waals surface area contributed by atoms with Gasteiger partial charge in [-0.3, -0.25) is 10.6 Å². The number of ether oxygens (including phenoxy) is 3. The lowest BCUT2D eigenvalue weighted by Gasteiger charge is -2.31. The van der Waals surface area contributed by atoms with Gasteiger partial charge in [0.05, 0.1) is 23.6 Å². The lowest BCUT2D eigenvalue weighted by Crippen LogP contribution is -2.37. The molecule has 1 heterocycles. The SMILES string of the molecule is C=CC(C/C=C/CC(CC)(CC)OC(=O)Nc1cccc(Cc2cccc(N=C=O)c2)c1)CCC1OC1CC(CC)(CC)OC(=O)Nc1cccc(Cc2cccc(N=C=O)c2)c1. The average molecular weight is 853 g/mol. The third-order valence-corrected chi connectivity index (χ3v) is 12.0. The molecule has 0 bridgehead atoms. The fraction of sp³-hybridized carbons (Fsp3) is 0.385. The van der Waals surface area contributed by atoms with Crippen LogP contribution in [0, 0.1) is 5.92 Å². The van der Waals surface area contributed by atoms with E-state index in [0.29, 0.717) is 74.1 Å². The molecule has 2 amide bonds. The second kappa shape index (κ2) is 23.7. The van der Waals surface area contributed by atoms with Gasteiger partial charge in [0.1, 0.15) is 11.2 Å². The van der Waals surface area contributed by atoms with E-state index in [9.17, 15) is 19.2 Å². The van der Waals surface area contributed by atoms with Gasteiger partial charge in [-0.05, 0) is 134 Å². The Bertz CT molecular complexity index is 2290. The van der Waals surface area contributed by atoms with Gasteiger partial charge < -0.3 is 14.2 Å². The lowest BCUT2D eigenvalue weighted by atomic mass is 9.89. The zero-order valence-electron chi connectivity index (χ0n) is 36.9. The van der Waals surface area contributed by atoms with E-state index in [0.717, 1.165) is 41.5 Å². The number of allylic oxidation sites excluding steroid dienone is 2. The van der Waals surface area contributed by atoms with E-state index in [1.165, 1.54) is 0 Å². The first kappa shape index (κ1) is 47.7. The topological polar surface area (TPSA) is 148 Å². The normalized spacial score (nSPS) is 15.0. The number of nitrogens with zero attached hydrogens (tertiary/aromatic N) is 2. The van der Waals surface area contributed by atoms with Crippen LogP contribution in [0.25, 0.3) is 0 Å². The summed E-state index contributed by atoms with van der Waals surface area (Å²) in [6.07, 6.45) is 16.2. The molecule has 1 fully saturated rings. The minimum Gasteiger partial charge on any atom is -0.443 e. The summed E-state index contributed by atoms with van der Waals surface area (Å²) < 4.78 is 18.4. The molecule has 1 saturated heterocycles. The van der Waals surface area contributed by atoms with Gasteiger partial charge in [-0.2, -0.15) is 9.98 Å². The van der Waals surface area contributed by atoms with Crippen molar-refractivity contribution < 1.29 is 33.4 Å². The molecular weight excluding hydrogens is 793 g/mol. The van der Waals surface area contributed by atoms with E-state index >= 15 is 0 Å². The highest BCUT2D eigenvalue weighted by molar-refractivity contribution is 5.85. The number of hydrogen-bond donors (Lipinski definition) is 2. The summed E-state index contributed by atoms with van der Waals surface area (Å²) in [5, 5.41) is 5.83. The van der Waals surface area contributed by atoms with Gasteiger partial charge in [0.25, 0.3) is 0 Å². The van der Waals surface area contributed by atoms with E-state index in [-0.39, 0.29) is 18.1 Å². The van der Waals surface area contributed by atoms with Crippen molar-refractivity contribution in [1.82, 2.24) is 0 Å². The molecule has 0 saturated carbocycles. The van der Waals surface area contributed by atoms with Crippen LogP contribution in [0.5, 0.6) is 0 Å². The zero-order chi connectivity index (χ0) is 45.1. The first-order valence-electron chi connectivity index (χ1n) is 22.0. The minimum absolute atomic E-state index is 0.0170. The van der Waals surface area contributed by atoms with Crippen LogP contribution in [0.1, 0.15) is 108 Å². The number of hydrogen-bond acceptors (Lipinski definition) is 9. The monoisotopic (exact) mass is 852 g/mol. The number of epoxide rings is 1. The molecule has 0 spiro atoms. The Kier molecular flexibility index (Phi) is 18.0. The fourth-order valence-corrected chi connectivity index (χ4v) is 7.95. The number of anilines is 2. The highest BCUT2D eigenvalue weighted by Crippen LogP contribution is 2.39. The fourth-order valence-electron chi connectivity index (χ4n) is 7.95. The van der Waals surface area contributed by atoms with Gasteiger partial charge in [-0.1, -0.05) is 94.5 Å². The maximum Gasteiger partial charge on any atom is 0.412 e. The second-order valence-electron chi connectivity index (χ2n) is 16.2. The van der Waals surface area contributed by atoms with Crippen molar-refractivity contribution in [1.29, 1.82) is 0 Å². The highest BCUT2D eigenvalue weighted by Gasteiger charge is 2.46. The summed E-state index contributed by atoms with van der Waals surface area (Å²) in [5.41, 5.74) is 5.04. The first-order chi connectivity index (χ1) is 30.6. The Labute approximate surface area is 371 Å². The van der Waals surface area contributed by atoms with Crippen molar-refractivity contribution in [2.75, 3.05) is 10.6 Å². The van der Waals surface area contributed by atoms with E-state index < -0.39 is 23.4 Å². The van der Waals surface area contributed by atoms with Crippen molar-refractivity contribution >= 4 is 47.1 Å². The smallest absolute Gasteiger partial charge is 0.412 e. The molecule has 1 aliphatic heterocycles. The van der Waals surface area contributed by atoms with Crippen molar-refractivity contribution in [2.45, 2.75) is 122 Å². The molecule has 0 aromatic heterocycles. The second-order valence-corrected chi connectivity index (χ2v) is 16.2. The molecule has 5 rings (SSSR count). The van der Waals surface area contributed by atoms with Crippen LogP contribution in [0.2, 0.25) is 0 Å². The Morgan fingerprint density at radius 2 is 1.17 bits per heavy atom. The molecule has 2 N–H and O–H groups in total. The average Bonchev–Trinajstić information content (AvgIpc) is 4.03. The molecule has 11 heteroatoms. The molecule has 0 aliphatic carbocycles. The van der Waals surface area contributed by atoms with Crippen LogP contribution < -0.4 is 10.6 Å². The Morgan fingerprint density at radius 1 is 0.698 bits per heavy atom. The molecule has 0 radical (unpaired) electrons. The maximum atomic E-state index is 13.2. The third-order valence-electron chi connectivity index (χ3n) is 12.0. The third kappa shape index (κ3) is 14.9. The summed E-state index contributed by atoms with van der Waals surface area (Å²) in [4.78, 5) is 55.2. The molecule has 4 aromatic carbocycles. The predicted octanol–water partition coefficient (Wildman–Crippen LogP) is 12.8. The molecule has 1 aliphatic rings. The summed E-state index contributed by atoms with van der Waals surface area (Å²) in [5.74, 6) is 0.258. The van der Waals surface area contributed by atoms with E-state index in [2.05, 4.69) is 39.3 Å². The number of aliphatic imine (C=N–C) groups is 2. The summed E-state index contributed by atoms with van der Waals surface area (Å²) >= 11 is 0.